The molecule has 3 rings (SSSR count). The van der Waals surface area contributed by atoms with E-state index in [1.54, 1.807) is 13.0 Å². The van der Waals surface area contributed by atoms with E-state index in [0.29, 0.717) is 18.4 Å². The minimum Gasteiger partial charge on any atom is -0.494 e. The summed E-state index contributed by atoms with van der Waals surface area (Å²) in [5.41, 5.74) is -0.346. The van der Waals surface area contributed by atoms with E-state index in [1.165, 1.54) is 19.2 Å². The monoisotopic (exact) mass is 386 g/mol. The Kier molecular flexibility index (Phi) is 4.74. The third-order valence-corrected chi connectivity index (χ3v) is 5.83. The van der Waals surface area contributed by atoms with Gasteiger partial charge < -0.3 is 10.1 Å². The first-order valence-corrected chi connectivity index (χ1v) is 9.38. The summed E-state index contributed by atoms with van der Waals surface area (Å²) in [7, 11) is -2.59. The normalized spacial score (nSPS) is 14.2. The molecule has 0 saturated heterocycles. The first-order valence-electron chi connectivity index (χ1n) is 7.83. The molecular formula is C17H17F3N2O3S. The zero-order valence-corrected chi connectivity index (χ0v) is 14.9. The third-order valence-electron chi connectivity index (χ3n) is 4.00. The predicted octanol–water partition coefficient (Wildman–Crippen LogP) is 4.07. The van der Waals surface area contributed by atoms with Crippen LogP contribution in [0, 0.1) is 24.4 Å². The molecule has 2 aromatic rings. The van der Waals surface area contributed by atoms with Crippen molar-refractivity contribution in [2.24, 2.45) is 0 Å². The van der Waals surface area contributed by atoms with Gasteiger partial charge in [-0.2, -0.15) is 0 Å². The van der Waals surface area contributed by atoms with Crippen LogP contribution in [0.5, 0.6) is 5.75 Å². The van der Waals surface area contributed by atoms with Crippen LogP contribution in [0.3, 0.4) is 0 Å². The quantitative estimate of drug-likeness (QED) is 0.785. The minimum absolute atomic E-state index is 0.131. The second kappa shape index (κ2) is 6.71. The zero-order chi connectivity index (χ0) is 19.1. The first kappa shape index (κ1) is 18.4. The van der Waals surface area contributed by atoms with Crippen LogP contribution in [0.4, 0.5) is 30.2 Å². The lowest BCUT2D eigenvalue weighted by molar-refractivity contribution is 0.409. The molecule has 2 aromatic carbocycles. The summed E-state index contributed by atoms with van der Waals surface area (Å²) in [4.78, 5) is 0. The number of benzene rings is 2. The molecule has 0 spiro atoms. The summed E-state index contributed by atoms with van der Waals surface area (Å²) < 4.78 is 74.2. The fourth-order valence-electron chi connectivity index (χ4n) is 2.44. The number of anilines is 3. The summed E-state index contributed by atoms with van der Waals surface area (Å²) in [6, 6.07) is 4.87. The summed E-state index contributed by atoms with van der Waals surface area (Å²) in [5.74, 6) is -3.52. The van der Waals surface area contributed by atoms with Gasteiger partial charge in [-0.1, -0.05) is 6.07 Å². The van der Waals surface area contributed by atoms with Gasteiger partial charge in [0.1, 0.15) is 22.9 Å². The van der Waals surface area contributed by atoms with Crippen molar-refractivity contribution in [3.05, 3.63) is 47.3 Å². The molecule has 1 fully saturated rings. The van der Waals surface area contributed by atoms with Crippen molar-refractivity contribution in [2.45, 2.75) is 25.0 Å². The summed E-state index contributed by atoms with van der Waals surface area (Å²) >= 11 is 0. The predicted molar refractivity (Wildman–Crippen MR) is 92.9 cm³/mol. The van der Waals surface area contributed by atoms with Crippen LogP contribution in [0.15, 0.2) is 24.3 Å². The maximum atomic E-state index is 14.4. The molecule has 0 heterocycles. The number of hydrogen-bond acceptors (Lipinski definition) is 4. The van der Waals surface area contributed by atoms with Gasteiger partial charge in [-0.25, -0.2) is 21.6 Å². The second-order valence-electron chi connectivity index (χ2n) is 6.08. The van der Waals surface area contributed by atoms with Gasteiger partial charge in [-0.05, 0) is 37.5 Å². The van der Waals surface area contributed by atoms with Crippen molar-refractivity contribution in [3.8, 4) is 5.75 Å². The van der Waals surface area contributed by atoms with E-state index < -0.39 is 38.4 Å². The van der Waals surface area contributed by atoms with Gasteiger partial charge in [0.05, 0.1) is 18.0 Å². The molecule has 0 amide bonds. The molecule has 1 saturated carbocycles. The molecule has 26 heavy (non-hydrogen) atoms. The SMILES string of the molecule is COc1cc(F)c(F)c(Nc2ccc(C)cc2F)c1NS(=O)(=O)C1CC1. The lowest BCUT2D eigenvalue weighted by atomic mass is 10.2. The van der Waals surface area contributed by atoms with Crippen LogP contribution in [-0.4, -0.2) is 20.8 Å². The molecule has 2 N–H and O–H groups in total. The summed E-state index contributed by atoms with van der Waals surface area (Å²) in [6.07, 6.45) is 0.966. The van der Waals surface area contributed by atoms with Crippen LogP contribution >= 0.6 is 0 Å². The number of halogens is 3. The van der Waals surface area contributed by atoms with Crippen LogP contribution in [0.1, 0.15) is 18.4 Å². The fraction of sp³-hybridized carbons (Fsp3) is 0.294. The number of nitrogens with one attached hydrogen (secondary N) is 2. The van der Waals surface area contributed by atoms with Gasteiger partial charge in [0, 0.05) is 6.07 Å². The second-order valence-corrected chi connectivity index (χ2v) is 8.04. The Labute approximate surface area is 149 Å². The molecule has 140 valence electrons. The van der Waals surface area contributed by atoms with Crippen LogP contribution in [-0.2, 0) is 10.0 Å². The molecule has 0 bridgehead atoms. The standard InChI is InChI=1S/C17H17F3N2O3S/c1-9-3-6-13(11(18)7-9)21-17-15(20)12(19)8-14(25-2)16(17)22-26(23,24)10-4-5-10/h3,6-8,10,21-22H,4-5H2,1-2H3. The van der Waals surface area contributed by atoms with Gasteiger partial charge >= 0.3 is 0 Å². The lowest BCUT2D eigenvalue weighted by Gasteiger charge is -2.18. The summed E-state index contributed by atoms with van der Waals surface area (Å²) in [6.45, 7) is 1.67. The first-order chi connectivity index (χ1) is 12.2. The number of ether oxygens (including phenoxy) is 1. The zero-order valence-electron chi connectivity index (χ0n) is 14.1. The van der Waals surface area contributed by atoms with Crippen LogP contribution in [0.25, 0.3) is 0 Å². The molecular weight excluding hydrogens is 369 g/mol. The number of aryl methyl sites for hydroxylation is 1. The molecule has 1 aliphatic rings. The Balaban J connectivity index is 2.10. The molecule has 5 nitrogen and oxygen atoms in total. The van der Waals surface area contributed by atoms with E-state index >= 15 is 0 Å². The highest BCUT2D eigenvalue weighted by Gasteiger charge is 2.37. The largest absolute Gasteiger partial charge is 0.494 e. The van der Waals surface area contributed by atoms with Gasteiger partial charge in [0.2, 0.25) is 10.0 Å². The smallest absolute Gasteiger partial charge is 0.235 e. The Morgan fingerprint density at radius 2 is 1.77 bits per heavy atom. The highest BCUT2D eigenvalue weighted by atomic mass is 32.2. The maximum Gasteiger partial charge on any atom is 0.235 e. The van der Waals surface area contributed by atoms with Gasteiger partial charge in [0.25, 0.3) is 0 Å². The maximum absolute atomic E-state index is 14.4. The van der Waals surface area contributed by atoms with E-state index in [0.717, 1.165) is 6.07 Å². The van der Waals surface area contributed by atoms with Crippen molar-refractivity contribution in [1.82, 2.24) is 0 Å². The minimum atomic E-state index is -3.79. The molecule has 0 unspecified atom stereocenters. The number of methoxy groups -OCH3 is 1. The average Bonchev–Trinajstić information content (AvgIpc) is 3.41. The molecule has 9 heteroatoms. The van der Waals surface area contributed by atoms with E-state index in [1.807, 2.05) is 0 Å². The average molecular weight is 386 g/mol. The Bertz CT molecular complexity index is 960. The molecule has 0 atom stereocenters. The van der Waals surface area contributed by atoms with Gasteiger partial charge in [-0.15, -0.1) is 0 Å². The van der Waals surface area contributed by atoms with Crippen molar-refractivity contribution in [2.75, 3.05) is 17.1 Å². The fourth-order valence-corrected chi connectivity index (χ4v) is 3.85. The van der Waals surface area contributed by atoms with Gasteiger partial charge in [-0.3, -0.25) is 4.72 Å². The molecule has 0 aromatic heterocycles. The number of rotatable bonds is 6. The highest BCUT2D eigenvalue weighted by molar-refractivity contribution is 7.93. The summed E-state index contributed by atoms with van der Waals surface area (Å²) in [5, 5.41) is 1.84. The highest BCUT2D eigenvalue weighted by Crippen LogP contribution is 2.41. The van der Waals surface area contributed by atoms with Crippen LogP contribution in [0.2, 0.25) is 0 Å². The third kappa shape index (κ3) is 3.57. The lowest BCUT2D eigenvalue weighted by Crippen LogP contribution is -2.19. The topological polar surface area (TPSA) is 67.4 Å². The van der Waals surface area contributed by atoms with Gasteiger partial charge in [0.15, 0.2) is 11.6 Å². The van der Waals surface area contributed by atoms with Crippen molar-refractivity contribution in [1.29, 1.82) is 0 Å². The molecule has 0 radical (unpaired) electrons. The van der Waals surface area contributed by atoms with Crippen molar-refractivity contribution >= 4 is 27.1 Å². The number of sulfonamides is 1. The van der Waals surface area contributed by atoms with E-state index in [-0.39, 0.29) is 17.1 Å². The Hall–Kier alpha value is -2.42. The van der Waals surface area contributed by atoms with Crippen LogP contribution < -0.4 is 14.8 Å². The molecule has 0 aliphatic heterocycles. The van der Waals surface area contributed by atoms with Crippen molar-refractivity contribution < 1.29 is 26.3 Å². The Morgan fingerprint density at radius 1 is 1.08 bits per heavy atom. The van der Waals surface area contributed by atoms with E-state index in [9.17, 15) is 21.6 Å². The van der Waals surface area contributed by atoms with E-state index in [4.69, 9.17) is 4.74 Å². The van der Waals surface area contributed by atoms with E-state index in [2.05, 4.69) is 10.0 Å². The molecule has 1 aliphatic carbocycles. The van der Waals surface area contributed by atoms with Crippen molar-refractivity contribution in [3.63, 3.8) is 0 Å². The number of hydrogen-bond donors (Lipinski definition) is 2. The Morgan fingerprint density at radius 3 is 2.35 bits per heavy atom.